The van der Waals surface area contributed by atoms with Gasteiger partial charge in [0.15, 0.2) is 0 Å². The Balaban J connectivity index is 2.43. The van der Waals surface area contributed by atoms with Gasteiger partial charge in [-0.25, -0.2) is 21.9 Å². The van der Waals surface area contributed by atoms with Gasteiger partial charge in [0.05, 0.1) is 11.5 Å². The number of ether oxygens (including phenoxy) is 1. The maximum Gasteiger partial charge on any atom is 0.261 e. The van der Waals surface area contributed by atoms with Crippen molar-refractivity contribution in [3.63, 3.8) is 0 Å². The van der Waals surface area contributed by atoms with E-state index >= 15 is 0 Å². The van der Waals surface area contributed by atoms with Crippen LogP contribution in [-0.2, 0) is 14.8 Å². The lowest BCUT2D eigenvalue weighted by atomic mass is 10.4. The van der Waals surface area contributed by atoms with E-state index in [2.05, 4.69) is 25.4 Å². The summed E-state index contributed by atoms with van der Waals surface area (Å²) in [6.45, 7) is -0.842. The van der Waals surface area contributed by atoms with Gasteiger partial charge >= 0.3 is 0 Å². The molecule has 0 radical (unpaired) electrons. The molecule has 0 heterocycles. The normalized spacial score (nSPS) is 12.0. The van der Waals surface area contributed by atoms with Gasteiger partial charge in [-0.05, 0) is 24.3 Å². The van der Waals surface area contributed by atoms with Crippen LogP contribution in [0.15, 0.2) is 33.6 Å². The van der Waals surface area contributed by atoms with Crippen LogP contribution in [0.4, 0.5) is 8.78 Å². The van der Waals surface area contributed by atoms with Crippen molar-refractivity contribution in [3.05, 3.63) is 28.7 Å². The van der Waals surface area contributed by atoms with Crippen molar-refractivity contribution in [1.82, 2.24) is 4.72 Å². The second-order valence-corrected chi connectivity index (χ2v) is 6.00. The zero-order valence-corrected chi connectivity index (χ0v) is 11.7. The highest BCUT2D eigenvalue weighted by Crippen LogP contribution is 2.14. The van der Waals surface area contributed by atoms with E-state index in [0.717, 1.165) is 4.47 Å². The highest BCUT2D eigenvalue weighted by atomic mass is 79.9. The first-order valence-corrected chi connectivity index (χ1v) is 7.30. The summed E-state index contributed by atoms with van der Waals surface area (Å²) >= 11 is 3.19. The Kier molecular flexibility index (Phi) is 6.13. The molecule has 18 heavy (non-hydrogen) atoms. The van der Waals surface area contributed by atoms with Gasteiger partial charge in [-0.1, -0.05) is 15.9 Å². The Labute approximate surface area is 113 Å². The summed E-state index contributed by atoms with van der Waals surface area (Å²) < 4.78 is 54.5. The third-order valence-corrected chi connectivity index (χ3v) is 3.91. The molecular weight excluding hydrogens is 332 g/mol. The molecule has 0 spiro atoms. The van der Waals surface area contributed by atoms with Crippen LogP contribution in [0.1, 0.15) is 0 Å². The summed E-state index contributed by atoms with van der Waals surface area (Å²) in [7, 11) is -3.62. The van der Waals surface area contributed by atoms with Crippen LogP contribution in [0.2, 0.25) is 0 Å². The van der Waals surface area contributed by atoms with Gasteiger partial charge in [0.1, 0.15) is 6.61 Å². The molecule has 1 rings (SSSR count). The van der Waals surface area contributed by atoms with Gasteiger partial charge < -0.3 is 4.74 Å². The molecule has 102 valence electrons. The minimum Gasteiger partial charge on any atom is -0.374 e. The van der Waals surface area contributed by atoms with E-state index in [0.29, 0.717) is 0 Å². The summed E-state index contributed by atoms with van der Waals surface area (Å²) in [4.78, 5) is 0.111. The maximum absolute atomic E-state index is 11.7. The zero-order chi connectivity index (χ0) is 13.6. The van der Waals surface area contributed by atoms with Crippen LogP contribution >= 0.6 is 15.9 Å². The summed E-state index contributed by atoms with van der Waals surface area (Å²) in [5.74, 6) is 0. The van der Waals surface area contributed by atoms with Crippen LogP contribution in [0.3, 0.4) is 0 Å². The van der Waals surface area contributed by atoms with Crippen molar-refractivity contribution < 1.29 is 21.9 Å². The smallest absolute Gasteiger partial charge is 0.261 e. The lowest BCUT2D eigenvalue weighted by molar-refractivity contribution is 0.0199. The summed E-state index contributed by atoms with van der Waals surface area (Å²) in [6.07, 6.45) is -2.55. The maximum atomic E-state index is 11.7. The monoisotopic (exact) mass is 343 g/mol. The molecule has 4 nitrogen and oxygen atoms in total. The minimum absolute atomic E-state index is 0.0505. The average molecular weight is 344 g/mol. The third kappa shape index (κ3) is 5.38. The lowest BCUT2D eigenvalue weighted by Crippen LogP contribution is -2.28. The highest BCUT2D eigenvalue weighted by Gasteiger charge is 2.12. The van der Waals surface area contributed by atoms with Crippen molar-refractivity contribution in [1.29, 1.82) is 0 Å². The van der Waals surface area contributed by atoms with Gasteiger partial charge in [0.2, 0.25) is 10.0 Å². The molecule has 0 amide bonds. The number of rotatable bonds is 7. The van der Waals surface area contributed by atoms with Crippen LogP contribution in [0.25, 0.3) is 0 Å². The molecule has 0 aromatic heterocycles. The average Bonchev–Trinajstić information content (AvgIpc) is 2.28. The molecule has 0 aliphatic heterocycles. The summed E-state index contributed by atoms with van der Waals surface area (Å²) in [6, 6.07) is 6.07. The first-order chi connectivity index (χ1) is 8.42. The van der Waals surface area contributed by atoms with Crippen molar-refractivity contribution in [2.45, 2.75) is 11.3 Å². The predicted molar refractivity (Wildman–Crippen MR) is 66.2 cm³/mol. The van der Waals surface area contributed by atoms with E-state index in [-0.39, 0.29) is 18.0 Å². The van der Waals surface area contributed by atoms with Crippen LogP contribution in [0.5, 0.6) is 0 Å². The van der Waals surface area contributed by atoms with E-state index in [1.165, 1.54) is 12.1 Å². The van der Waals surface area contributed by atoms with Crippen molar-refractivity contribution in [2.24, 2.45) is 0 Å². The van der Waals surface area contributed by atoms with Crippen LogP contribution in [-0.4, -0.2) is 34.6 Å². The van der Waals surface area contributed by atoms with Gasteiger partial charge in [-0.15, -0.1) is 0 Å². The van der Waals surface area contributed by atoms with E-state index < -0.39 is 23.1 Å². The first-order valence-electron chi connectivity index (χ1n) is 5.03. The molecule has 0 unspecified atom stereocenters. The highest BCUT2D eigenvalue weighted by molar-refractivity contribution is 9.10. The number of hydrogen-bond acceptors (Lipinski definition) is 3. The molecule has 1 aromatic carbocycles. The largest absolute Gasteiger partial charge is 0.374 e. The molecule has 0 fully saturated rings. The number of sulfonamides is 1. The molecule has 0 bridgehead atoms. The molecule has 1 N–H and O–H groups in total. The number of halogens is 3. The second kappa shape index (κ2) is 7.13. The lowest BCUT2D eigenvalue weighted by Gasteiger charge is -2.07. The predicted octanol–water partition coefficient (Wildman–Crippen LogP) is 2.01. The Morgan fingerprint density at radius 2 is 1.89 bits per heavy atom. The number of alkyl halides is 2. The van der Waals surface area contributed by atoms with E-state index in [1.54, 1.807) is 12.1 Å². The third-order valence-electron chi connectivity index (χ3n) is 1.91. The zero-order valence-electron chi connectivity index (χ0n) is 9.27. The second-order valence-electron chi connectivity index (χ2n) is 3.32. The van der Waals surface area contributed by atoms with Gasteiger partial charge in [0, 0.05) is 11.0 Å². The number of hydrogen-bond donors (Lipinski definition) is 1. The van der Waals surface area contributed by atoms with Gasteiger partial charge in [-0.3, -0.25) is 0 Å². The van der Waals surface area contributed by atoms with Gasteiger partial charge in [0.25, 0.3) is 6.43 Å². The number of benzene rings is 1. The van der Waals surface area contributed by atoms with Crippen molar-refractivity contribution in [2.75, 3.05) is 19.8 Å². The summed E-state index contributed by atoms with van der Waals surface area (Å²) in [5, 5.41) is 0. The fourth-order valence-electron chi connectivity index (χ4n) is 1.12. The topological polar surface area (TPSA) is 55.4 Å². The van der Waals surface area contributed by atoms with Gasteiger partial charge in [-0.2, -0.15) is 0 Å². The molecule has 1 aromatic rings. The fraction of sp³-hybridized carbons (Fsp3) is 0.400. The Bertz CT molecular complexity index is 465. The molecule has 0 atom stereocenters. The molecule has 8 heteroatoms. The van der Waals surface area contributed by atoms with Crippen molar-refractivity contribution >= 4 is 26.0 Å². The SMILES string of the molecule is O=S(=O)(NCCOCC(F)F)c1ccc(Br)cc1. The van der Waals surface area contributed by atoms with E-state index in [4.69, 9.17) is 0 Å². The molecule has 0 saturated carbocycles. The standard InChI is InChI=1S/C10H12BrF2NO3S/c11-8-1-3-9(4-2-8)18(15,16)14-5-6-17-7-10(12)13/h1-4,10,14H,5-7H2. The van der Waals surface area contributed by atoms with Crippen molar-refractivity contribution in [3.8, 4) is 0 Å². The summed E-state index contributed by atoms with van der Waals surface area (Å²) in [5.41, 5.74) is 0. The molecule has 0 saturated heterocycles. The Morgan fingerprint density at radius 3 is 2.44 bits per heavy atom. The number of nitrogens with one attached hydrogen (secondary N) is 1. The van der Waals surface area contributed by atoms with Crippen LogP contribution < -0.4 is 4.72 Å². The minimum atomic E-state index is -3.62. The molecule has 0 aliphatic rings. The Hall–Kier alpha value is -0.570. The first kappa shape index (κ1) is 15.5. The molecular formula is C10H12BrF2NO3S. The van der Waals surface area contributed by atoms with Crippen LogP contribution in [0, 0.1) is 0 Å². The van der Waals surface area contributed by atoms with E-state index in [9.17, 15) is 17.2 Å². The van der Waals surface area contributed by atoms with E-state index in [1.807, 2.05) is 0 Å². The fourth-order valence-corrected chi connectivity index (χ4v) is 2.40. The Morgan fingerprint density at radius 1 is 1.28 bits per heavy atom. The molecule has 0 aliphatic carbocycles. The quantitative estimate of drug-likeness (QED) is 0.770.